The summed E-state index contributed by atoms with van der Waals surface area (Å²) in [4.78, 5) is 12.3. The number of halogens is 1. The first-order chi connectivity index (χ1) is 17.3. The van der Waals surface area contributed by atoms with Gasteiger partial charge in [0.05, 0.1) is 18.2 Å². The molecule has 36 heavy (non-hydrogen) atoms. The van der Waals surface area contributed by atoms with Crippen LogP contribution in [0, 0.1) is 0 Å². The topological polar surface area (TPSA) is 88.1 Å². The summed E-state index contributed by atoms with van der Waals surface area (Å²) >= 11 is 3.31. The summed E-state index contributed by atoms with van der Waals surface area (Å²) in [5.74, 6) is 0.150. The highest BCUT2D eigenvalue weighted by Crippen LogP contribution is 2.22. The Labute approximate surface area is 218 Å². The molecule has 1 amide bonds. The lowest BCUT2D eigenvalue weighted by atomic mass is 10.1. The summed E-state index contributed by atoms with van der Waals surface area (Å²) in [5, 5.41) is 6.28. The largest absolute Gasteiger partial charge is 0.489 e. The Bertz CT molecular complexity index is 1480. The van der Waals surface area contributed by atoms with Gasteiger partial charge in [-0.15, -0.1) is 0 Å². The van der Waals surface area contributed by atoms with Gasteiger partial charge in [0.1, 0.15) is 18.9 Å². The number of sulfonamides is 1. The van der Waals surface area contributed by atoms with Gasteiger partial charge in [-0.1, -0.05) is 58.4 Å². The summed E-state index contributed by atoms with van der Waals surface area (Å²) in [6.45, 7) is 0.0544. The van der Waals surface area contributed by atoms with Crippen LogP contribution >= 0.6 is 15.9 Å². The Morgan fingerprint density at radius 1 is 0.972 bits per heavy atom. The highest BCUT2D eigenvalue weighted by atomic mass is 79.9. The van der Waals surface area contributed by atoms with Crippen LogP contribution in [0.3, 0.4) is 0 Å². The van der Waals surface area contributed by atoms with E-state index < -0.39 is 22.5 Å². The molecular formula is C27H24BrN3O4S. The van der Waals surface area contributed by atoms with Gasteiger partial charge in [0, 0.05) is 4.47 Å². The van der Waals surface area contributed by atoms with Gasteiger partial charge in [0.25, 0.3) is 5.91 Å². The average Bonchev–Trinajstić information content (AvgIpc) is 2.87. The molecule has 4 aromatic carbocycles. The highest BCUT2D eigenvalue weighted by molar-refractivity contribution is 9.10. The molecule has 0 atom stereocenters. The molecule has 4 rings (SSSR count). The Kier molecular flexibility index (Phi) is 8.02. The number of ether oxygens (including phenoxy) is 1. The van der Waals surface area contributed by atoms with Crippen molar-refractivity contribution < 1.29 is 17.9 Å². The predicted molar refractivity (Wildman–Crippen MR) is 147 cm³/mol. The summed E-state index contributed by atoms with van der Waals surface area (Å²) in [6.07, 6.45) is 2.53. The Morgan fingerprint density at radius 3 is 2.39 bits per heavy atom. The van der Waals surface area contributed by atoms with E-state index in [1.807, 2.05) is 48.5 Å². The molecule has 0 saturated carbocycles. The van der Waals surface area contributed by atoms with E-state index in [1.165, 1.54) is 11.6 Å². The predicted octanol–water partition coefficient (Wildman–Crippen LogP) is 5.10. The lowest BCUT2D eigenvalue weighted by Crippen LogP contribution is -2.38. The van der Waals surface area contributed by atoms with Crippen LogP contribution < -0.4 is 14.5 Å². The normalized spacial score (nSPS) is 11.5. The molecule has 0 unspecified atom stereocenters. The van der Waals surface area contributed by atoms with E-state index in [0.29, 0.717) is 18.0 Å². The molecule has 0 radical (unpaired) electrons. The zero-order valence-electron chi connectivity index (χ0n) is 19.5. The molecule has 1 N–H and O–H groups in total. The first-order valence-electron chi connectivity index (χ1n) is 11.0. The monoisotopic (exact) mass is 565 g/mol. The lowest BCUT2D eigenvalue weighted by molar-refractivity contribution is -0.119. The fourth-order valence-electron chi connectivity index (χ4n) is 3.58. The summed E-state index contributed by atoms with van der Waals surface area (Å²) in [5.41, 5.74) is 4.62. The second kappa shape index (κ2) is 11.4. The van der Waals surface area contributed by atoms with Crippen molar-refractivity contribution in [2.24, 2.45) is 5.10 Å². The van der Waals surface area contributed by atoms with E-state index in [9.17, 15) is 13.2 Å². The van der Waals surface area contributed by atoms with Crippen molar-refractivity contribution in [1.29, 1.82) is 0 Å². The molecule has 0 saturated heterocycles. The fraction of sp³-hybridized carbons (Fsp3) is 0.111. The van der Waals surface area contributed by atoms with Crippen LogP contribution in [0.25, 0.3) is 10.8 Å². The zero-order valence-corrected chi connectivity index (χ0v) is 21.9. The number of carbonyl (C=O) groups excluding carboxylic acids is 1. The second-order valence-electron chi connectivity index (χ2n) is 8.04. The SMILES string of the molecule is CS(=O)(=O)N(CC(=O)N/N=C\c1ccc(OCc2cccc3ccccc23)cc1)c1ccc(Br)cc1. The van der Waals surface area contributed by atoms with Crippen LogP contribution in [0.1, 0.15) is 11.1 Å². The number of fused-ring (bicyclic) bond motifs is 1. The van der Waals surface area contributed by atoms with Crippen LogP contribution in [-0.2, 0) is 21.4 Å². The number of hydrogen-bond acceptors (Lipinski definition) is 5. The number of rotatable bonds is 9. The minimum atomic E-state index is -3.65. The van der Waals surface area contributed by atoms with E-state index >= 15 is 0 Å². The van der Waals surface area contributed by atoms with Crippen molar-refractivity contribution in [2.45, 2.75) is 6.61 Å². The standard InChI is InChI=1S/C27H24BrN3O4S/c1-36(33,34)31(24-13-11-23(28)12-14-24)18-27(32)30-29-17-20-9-15-25(16-10-20)35-19-22-7-4-6-21-5-2-3-8-26(21)22/h2-17H,18-19H2,1H3,(H,30,32)/b29-17-. The third-order valence-corrected chi connectivity index (χ3v) is 7.03. The van der Waals surface area contributed by atoms with Gasteiger partial charge in [-0.25, -0.2) is 13.8 Å². The van der Waals surface area contributed by atoms with Crippen LogP contribution in [0.15, 0.2) is 101 Å². The van der Waals surface area contributed by atoms with Crippen molar-refractivity contribution in [3.8, 4) is 5.75 Å². The molecule has 0 bridgehead atoms. The van der Waals surface area contributed by atoms with Crippen LogP contribution in [-0.4, -0.2) is 33.3 Å². The van der Waals surface area contributed by atoms with Gasteiger partial charge in [-0.05, 0) is 70.4 Å². The highest BCUT2D eigenvalue weighted by Gasteiger charge is 2.20. The third-order valence-electron chi connectivity index (χ3n) is 5.36. The first-order valence-corrected chi connectivity index (χ1v) is 13.7. The fourth-order valence-corrected chi connectivity index (χ4v) is 4.70. The number of anilines is 1. The van der Waals surface area contributed by atoms with Crippen molar-refractivity contribution in [2.75, 3.05) is 17.1 Å². The summed E-state index contributed by atoms with van der Waals surface area (Å²) in [7, 11) is -3.65. The van der Waals surface area contributed by atoms with Crippen LogP contribution in [0.4, 0.5) is 5.69 Å². The summed E-state index contributed by atoms with van der Waals surface area (Å²) < 4.78 is 32.1. The Morgan fingerprint density at radius 2 is 1.67 bits per heavy atom. The lowest BCUT2D eigenvalue weighted by Gasteiger charge is -2.21. The maximum absolute atomic E-state index is 12.3. The quantitative estimate of drug-likeness (QED) is 0.226. The number of nitrogens with zero attached hydrogens (tertiary/aromatic N) is 2. The molecule has 7 nitrogen and oxygen atoms in total. The Balaban J connectivity index is 1.32. The molecule has 0 spiro atoms. The second-order valence-corrected chi connectivity index (χ2v) is 10.9. The minimum Gasteiger partial charge on any atom is -0.489 e. The van der Waals surface area contributed by atoms with Gasteiger partial charge in [-0.2, -0.15) is 5.10 Å². The van der Waals surface area contributed by atoms with Gasteiger partial charge < -0.3 is 4.74 Å². The maximum Gasteiger partial charge on any atom is 0.260 e. The van der Waals surface area contributed by atoms with E-state index in [4.69, 9.17) is 4.74 Å². The van der Waals surface area contributed by atoms with E-state index in [0.717, 1.165) is 31.5 Å². The van der Waals surface area contributed by atoms with E-state index in [2.05, 4.69) is 44.7 Å². The van der Waals surface area contributed by atoms with Crippen molar-refractivity contribution >= 4 is 54.5 Å². The van der Waals surface area contributed by atoms with Crippen molar-refractivity contribution in [3.63, 3.8) is 0 Å². The Hall–Kier alpha value is -3.69. The molecule has 4 aromatic rings. The zero-order chi connectivity index (χ0) is 25.5. The molecule has 0 aliphatic rings. The van der Waals surface area contributed by atoms with Gasteiger partial charge in [0.15, 0.2) is 0 Å². The molecular weight excluding hydrogens is 542 g/mol. The maximum atomic E-state index is 12.3. The number of benzene rings is 4. The number of hydrogen-bond donors (Lipinski definition) is 1. The van der Waals surface area contributed by atoms with E-state index in [1.54, 1.807) is 24.3 Å². The van der Waals surface area contributed by atoms with Crippen LogP contribution in [0.5, 0.6) is 5.75 Å². The number of amides is 1. The molecule has 0 aliphatic heterocycles. The van der Waals surface area contributed by atoms with Gasteiger partial charge in [-0.3, -0.25) is 9.10 Å². The minimum absolute atomic E-state index is 0.388. The van der Waals surface area contributed by atoms with E-state index in [-0.39, 0.29) is 0 Å². The van der Waals surface area contributed by atoms with Crippen LogP contribution in [0.2, 0.25) is 0 Å². The number of nitrogens with one attached hydrogen (secondary N) is 1. The van der Waals surface area contributed by atoms with Crippen molar-refractivity contribution in [3.05, 3.63) is 107 Å². The molecule has 0 aromatic heterocycles. The summed E-state index contributed by atoms with van der Waals surface area (Å²) in [6, 6.07) is 28.3. The smallest absolute Gasteiger partial charge is 0.260 e. The van der Waals surface area contributed by atoms with Crippen molar-refractivity contribution in [1.82, 2.24) is 5.43 Å². The number of carbonyl (C=O) groups is 1. The third kappa shape index (κ3) is 6.71. The van der Waals surface area contributed by atoms with Gasteiger partial charge >= 0.3 is 0 Å². The van der Waals surface area contributed by atoms with Gasteiger partial charge in [0.2, 0.25) is 10.0 Å². The molecule has 9 heteroatoms. The first kappa shape index (κ1) is 25.4. The molecule has 0 fully saturated rings. The average molecular weight is 566 g/mol. The number of hydrazone groups is 1. The molecule has 184 valence electrons. The molecule has 0 heterocycles. The molecule has 0 aliphatic carbocycles.